The molecule has 0 aliphatic heterocycles. The van der Waals surface area contributed by atoms with E-state index in [4.69, 9.17) is 24.1 Å². The number of aromatic carboxylic acids is 1. The molecule has 0 aromatic heterocycles. The minimum absolute atomic E-state index is 0.0944. The molecule has 0 radical (unpaired) electrons. The zero-order valence-corrected chi connectivity index (χ0v) is 22.3. The minimum Gasteiger partial charge on any atom is -0.478 e. The van der Waals surface area contributed by atoms with E-state index in [0.29, 0.717) is 11.1 Å². The van der Waals surface area contributed by atoms with Crippen LogP contribution >= 0.6 is 0 Å². The van der Waals surface area contributed by atoms with Crippen LogP contribution in [0.15, 0.2) is 30.3 Å². The van der Waals surface area contributed by atoms with Gasteiger partial charge in [-0.2, -0.15) is 0 Å². The van der Waals surface area contributed by atoms with Crippen molar-refractivity contribution in [3.8, 4) is 0 Å². The van der Waals surface area contributed by atoms with E-state index in [-0.39, 0.29) is 22.2 Å². The van der Waals surface area contributed by atoms with Crippen molar-refractivity contribution in [2.45, 2.75) is 65.0 Å². The lowest BCUT2D eigenvalue weighted by Crippen LogP contribution is -2.18. The number of hydrogen-bond donors (Lipinski definition) is 1. The van der Waals surface area contributed by atoms with Gasteiger partial charge in [0.15, 0.2) is 12.6 Å². The van der Waals surface area contributed by atoms with Gasteiger partial charge in [0.2, 0.25) is 0 Å². The van der Waals surface area contributed by atoms with Crippen LogP contribution < -0.4 is 0 Å². The molecular weight excluding hydrogens is 458 g/mol. The van der Waals surface area contributed by atoms with Crippen LogP contribution in [0, 0.1) is 11.6 Å². The van der Waals surface area contributed by atoms with Crippen LogP contribution in [0.1, 0.15) is 86.7 Å². The predicted octanol–water partition coefficient (Wildman–Crippen LogP) is 6.53. The van der Waals surface area contributed by atoms with Crippen molar-refractivity contribution in [2.24, 2.45) is 0 Å². The molecule has 2 aromatic rings. The molecule has 0 aliphatic rings. The fraction of sp³-hybridized carbons (Fsp3) is 0.519. The topological polar surface area (TPSA) is 74.2 Å². The second-order valence-electron chi connectivity index (χ2n) is 10.1. The SMILES string of the molecule is COC(OC)c1cc(C(C)(C)C)cc(F)c1C(=O)O.COC(OC)c1cc(F)cc(C(C)(C)C)c1. The van der Waals surface area contributed by atoms with Crippen LogP contribution in [-0.4, -0.2) is 39.5 Å². The summed E-state index contributed by atoms with van der Waals surface area (Å²) in [6.07, 6.45) is -1.43. The van der Waals surface area contributed by atoms with Gasteiger partial charge in [-0.15, -0.1) is 0 Å². The maximum atomic E-state index is 14.0. The summed E-state index contributed by atoms with van der Waals surface area (Å²) < 4.78 is 47.8. The molecule has 0 unspecified atom stereocenters. The van der Waals surface area contributed by atoms with E-state index in [9.17, 15) is 13.6 Å². The largest absolute Gasteiger partial charge is 0.478 e. The molecular formula is C27H38F2O6. The molecule has 0 heterocycles. The first-order valence-electron chi connectivity index (χ1n) is 11.1. The van der Waals surface area contributed by atoms with Crippen LogP contribution in [0.25, 0.3) is 0 Å². The van der Waals surface area contributed by atoms with Crippen molar-refractivity contribution in [3.63, 3.8) is 0 Å². The molecule has 0 atom stereocenters. The Morgan fingerprint density at radius 2 is 1.20 bits per heavy atom. The van der Waals surface area contributed by atoms with Gasteiger partial charge in [0.05, 0.1) is 0 Å². The van der Waals surface area contributed by atoms with Gasteiger partial charge in [-0.3, -0.25) is 0 Å². The van der Waals surface area contributed by atoms with Gasteiger partial charge in [0.1, 0.15) is 17.2 Å². The Hall–Kier alpha value is -2.39. The van der Waals surface area contributed by atoms with E-state index in [1.807, 2.05) is 47.6 Å². The van der Waals surface area contributed by atoms with Gasteiger partial charge >= 0.3 is 5.97 Å². The van der Waals surface area contributed by atoms with Crippen molar-refractivity contribution >= 4 is 5.97 Å². The van der Waals surface area contributed by atoms with Crippen molar-refractivity contribution in [3.05, 3.63) is 69.8 Å². The molecule has 8 heteroatoms. The Bertz CT molecular complexity index is 984. The number of halogens is 2. The highest BCUT2D eigenvalue weighted by atomic mass is 19.1. The quantitative estimate of drug-likeness (QED) is 0.440. The van der Waals surface area contributed by atoms with Gasteiger partial charge in [0.25, 0.3) is 0 Å². The Morgan fingerprint density at radius 3 is 1.60 bits per heavy atom. The second-order valence-corrected chi connectivity index (χ2v) is 10.1. The summed E-state index contributed by atoms with van der Waals surface area (Å²) in [7, 11) is 5.83. The Balaban J connectivity index is 0.000000355. The summed E-state index contributed by atoms with van der Waals surface area (Å²) in [4.78, 5) is 11.2. The lowest BCUT2D eigenvalue weighted by atomic mass is 9.85. The van der Waals surface area contributed by atoms with E-state index in [2.05, 4.69) is 0 Å². The number of carboxylic acids is 1. The molecule has 2 aromatic carbocycles. The molecule has 0 saturated heterocycles. The molecule has 1 N–H and O–H groups in total. The fourth-order valence-corrected chi connectivity index (χ4v) is 3.37. The van der Waals surface area contributed by atoms with Crippen LogP contribution in [0.5, 0.6) is 0 Å². The number of ether oxygens (including phenoxy) is 4. The van der Waals surface area contributed by atoms with E-state index < -0.39 is 29.9 Å². The van der Waals surface area contributed by atoms with Crippen LogP contribution in [0.2, 0.25) is 0 Å². The molecule has 196 valence electrons. The molecule has 0 bridgehead atoms. The first-order chi connectivity index (χ1) is 16.1. The monoisotopic (exact) mass is 496 g/mol. The smallest absolute Gasteiger partial charge is 0.339 e. The zero-order chi connectivity index (χ0) is 27.1. The fourth-order valence-electron chi connectivity index (χ4n) is 3.37. The molecule has 2 rings (SSSR count). The highest BCUT2D eigenvalue weighted by Crippen LogP contribution is 2.31. The van der Waals surface area contributed by atoms with E-state index in [1.165, 1.54) is 40.6 Å². The third-order valence-corrected chi connectivity index (χ3v) is 5.37. The maximum absolute atomic E-state index is 14.0. The normalized spacial score (nSPS) is 12.1. The van der Waals surface area contributed by atoms with Crippen LogP contribution in [0.4, 0.5) is 8.78 Å². The Labute approximate surface area is 207 Å². The van der Waals surface area contributed by atoms with Crippen LogP contribution in [-0.2, 0) is 29.8 Å². The van der Waals surface area contributed by atoms with Crippen molar-refractivity contribution in [2.75, 3.05) is 28.4 Å². The molecule has 0 saturated carbocycles. The minimum atomic E-state index is -1.34. The number of carbonyl (C=O) groups is 1. The van der Waals surface area contributed by atoms with E-state index in [0.717, 1.165) is 5.56 Å². The van der Waals surface area contributed by atoms with E-state index in [1.54, 1.807) is 12.1 Å². The van der Waals surface area contributed by atoms with Gasteiger partial charge in [-0.25, -0.2) is 13.6 Å². The highest BCUT2D eigenvalue weighted by molar-refractivity contribution is 5.90. The number of methoxy groups -OCH3 is 4. The van der Waals surface area contributed by atoms with E-state index >= 15 is 0 Å². The summed E-state index contributed by atoms with van der Waals surface area (Å²) >= 11 is 0. The molecule has 0 fully saturated rings. The van der Waals surface area contributed by atoms with Gasteiger partial charge < -0.3 is 24.1 Å². The lowest BCUT2D eigenvalue weighted by molar-refractivity contribution is -0.106. The predicted molar refractivity (Wildman–Crippen MR) is 131 cm³/mol. The summed E-state index contributed by atoms with van der Waals surface area (Å²) in [6, 6.07) is 7.76. The summed E-state index contributed by atoms with van der Waals surface area (Å²) in [6.45, 7) is 11.9. The third kappa shape index (κ3) is 8.35. The van der Waals surface area contributed by atoms with Gasteiger partial charge in [-0.1, -0.05) is 47.6 Å². The maximum Gasteiger partial charge on any atom is 0.339 e. The summed E-state index contributed by atoms with van der Waals surface area (Å²) in [5.41, 5.74) is 1.69. The second kappa shape index (κ2) is 12.5. The Kier molecular flexibility index (Phi) is 11.0. The van der Waals surface area contributed by atoms with Crippen molar-refractivity contribution in [1.82, 2.24) is 0 Å². The molecule has 35 heavy (non-hydrogen) atoms. The third-order valence-electron chi connectivity index (χ3n) is 5.37. The molecule has 0 amide bonds. The lowest BCUT2D eigenvalue weighted by Gasteiger charge is -2.23. The molecule has 6 nitrogen and oxygen atoms in total. The molecule has 0 spiro atoms. The first-order valence-corrected chi connectivity index (χ1v) is 11.1. The average molecular weight is 497 g/mol. The summed E-state index contributed by atoms with van der Waals surface area (Å²) in [5.74, 6) is -2.39. The Morgan fingerprint density at radius 1 is 0.743 bits per heavy atom. The standard InChI is InChI=1S/C14H19FO4.C13H19FO2/c1-14(2,3)8-6-9(13(18-4)19-5)11(12(16)17)10(15)7-8;1-13(2,3)10-6-9(7-11(14)8-10)12(15-4)16-5/h6-7,13H,1-5H3,(H,16,17);6-8,12H,1-5H3. The summed E-state index contributed by atoms with van der Waals surface area (Å²) in [5, 5.41) is 9.13. The van der Waals surface area contributed by atoms with Gasteiger partial charge in [-0.05, 0) is 46.2 Å². The number of carboxylic acid groups (broad SMARTS) is 1. The zero-order valence-electron chi connectivity index (χ0n) is 22.3. The number of rotatable bonds is 7. The average Bonchev–Trinajstić information content (AvgIpc) is 2.74. The first kappa shape index (κ1) is 30.6. The number of hydrogen-bond acceptors (Lipinski definition) is 5. The highest BCUT2D eigenvalue weighted by Gasteiger charge is 2.26. The van der Waals surface area contributed by atoms with Crippen LogP contribution in [0.3, 0.4) is 0 Å². The van der Waals surface area contributed by atoms with Crippen molar-refractivity contribution < 1.29 is 37.6 Å². The number of benzene rings is 2. The molecule has 0 aliphatic carbocycles. The van der Waals surface area contributed by atoms with Gasteiger partial charge in [0, 0.05) is 39.6 Å². The van der Waals surface area contributed by atoms with Crippen molar-refractivity contribution in [1.29, 1.82) is 0 Å².